The lowest BCUT2D eigenvalue weighted by Gasteiger charge is -2.01. The van der Waals surface area contributed by atoms with Crippen molar-refractivity contribution in [2.24, 2.45) is 5.10 Å². The van der Waals surface area contributed by atoms with E-state index < -0.39 is 0 Å². The molecule has 3 nitrogen and oxygen atoms in total. The molecular weight excluding hydrogens is 363 g/mol. The number of hydrazone groups is 1. The quantitative estimate of drug-likeness (QED) is 0.289. The predicted octanol–water partition coefficient (Wildman–Crippen LogP) is 4.49. The highest BCUT2D eigenvalue weighted by Gasteiger charge is 1.99. The van der Waals surface area contributed by atoms with Gasteiger partial charge in [-0.3, -0.25) is 4.79 Å². The van der Waals surface area contributed by atoms with Crippen LogP contribution in [0.1, 0.15) is 57.4 Å². The van der Waals surface area contributed by atoms with Crippen LogP contribution in [0.3, 0.4) is 0 Å². The van der Waals surface area contributed by atoms with Gasteiger partial charge in [-0.1, -0.05) is 57.2 Å². The molecule has 4 heteroatoms. The summed E-state index contributed by atoms with van der Waals surface area (Å²) < 4.78 is 1.12. The summed E-state index contributed by atoms with van der Waals surface area (Å²) in [6.07, 6.45) is 9.41. The Morgan fingerprint density at radius 2 is 1.90 bits per heavy atom. The minimum absolute atomic E-state index is 0.00248. The van der Waals surface area contributed by atoms with Crippen LogP contribution in [-0.4, -0.2) is 12.1 Å². The number of carbonyl (C=O) groups is 1. The minimum Gasteiger partial charge on any atom is -0.273 e. The fraction of sp³-hybridized carbons (Fsp3) is 0.500. The van der Waals surface area contributed by atoms with Gasteiger partial charge < -0.3 is 0 Å². The van der Waals surface area contributed by atoms with Crippen LogP contribution in [0.15, 0.2) is 29.4 Å². The lowest BCUT2D eigenvalue weighted by atomic mass is 10.1. The van der Waals surface area contributed by atoms with Crippen molar-refractivity contribution in [3.63, 3.8) is 0 Å². The summed E-state index contributed by atoms with van der Waals surface area (Å²) >= 11 is 2.25. The Bertz CT molecular complexity index is 432. The zero-order valence-corrected chi connectivity index (χ0v) is 14.2. The standard InChI is InChI=1S/C16H23IN2O/c1-2-3-4-5-6-7-12-16(20)19-18-13-14-10-8-9-11-15(14)17/h8-11,13H,2-7,12H2,1H3,(H,19,20). The van der Waals surface area contributed by atoms with E-state index in [1.165, 1.54) is 25.7 Å². The fourth-order valence-corrected chi connectivity index (χ4v) is 2.40. The van der Waals surface area contributed by atoms with Gasteiger partial charge in [0.05, 0.1) is 6.21 Å². The first-order chi connectivity index (χ1) is 9.74. The van der Waals surface area contributed by atoms with Crippen molar-refractivity contribution in [3.8, 4) is 0 Å². The molecule has 110 valence electrons. The van der Waals surface area contributed by atoms with Gasteiger partial charge in [0, 0.05) is 15.6 Å². The monoisotopic (exact) mass is 386 g/mol. The second-order valence-electron chi connectivity index (χ2n) is 4.83. The molecule has 0 bridgehead atoms. The molecule has 0 saturated heterocycles. The maximum absolute atomic E-state index is 11.6. The molecule has 20 heavy (non-hydrogen) atoms. The van der Waals surface area contributed by atoms with Gasteiger partial charge in [0.15, 0.2) is 0 Å². The molecule has 1 aromatic carbocycles. The van der Waals surface area contributed by atoms with E-state index in [1.807, 2.05) is 24.3 Å². The number of rotatable bonds is 9. The number of nitrogens with zero attached hydrogens (tertiary/aromatic N) is 1. The fourth-order valence-electron chi connectivity index (χ4n) is 1.88. The number of amides is 1. The van der Waals surface area contributed by atoms with Gasteiger partial charge in [0.2, 0.25) is 5.91 Å². The summed E-state index contributed by atoms with van der Waals surface area (Å²) in [4.78, 5) is 11.6. The van der Waals surface area contributed by atoms with Crippen molar-refractivity contribution < 1.29 is 4.79 Å². The molecule has 0 aliphatic carbocycles. The molecule has 0 heterocycles. The van der Waals surface area contributed by atoms with E-state index in [9.17, 15) is 4.79 Å². The van der Waals surface area contributed by atoms with E-state index in [4.69, 9.17) is 0 Å². The summed E-state index contributed by atoms with van der Waals surface area (Å²) in [6.45, 7) is 2.21. The van der Waals surface area contributed by atoms with Crippen LogP contribution >= 0.6 is 22.6 Å². The van der Waals surface area contributed by atoms with Crippen LogP contribution in [0, 0.1) is 3.57 Å². The first-order valence-corrected chi connectivity index (χ1v) is 8.38. The molecule has 1 N–H and O–H groups in total. The van der Waals surface area contributed by atoms with E-state index in [-0.39, 0.29) is 5.91 Å². The van der Waals surface area contributed by atoms with Crippen molar-refractivity contribution in [1.82, 2.24) is 5.43 Å². The van der Waals surface area contributed by atoms with Crippen LogP contribution in [0.25, 0.3) is 0 Å². The van der Waals surface area contributed by atoms with Crippen molar-refractivity contribution in [2.45, 2.75) is 51.9 Å². The Labute approximate surface area is 135 Å². The highest BCUT2D eigenvalue weighted by Crippen LogP contribution is 2.09. The summed E-state index contributed by atoms with van der Waals surface area (Å²) in [5.74, 6) is 0.00248. The van der Waals surface area contributed by atoms with Crippen LogP contribution < -0.4 is 5.43 Å². The predicted molar refractivity (Wildman–Crippen MR) is 92.9 cm³/mol. The Morgan fingerprint density at radius 1 is 1.20 bits per heavy atom. The maximum atomic E-state index is 11.6. The largest absolute Gasteiger partial charge is 0.273 e. The molecule has 0 aromatic heterocycles. The summed E-state index contributed by atoms with van der Waals surface area (Å²) in [5, 5.41) is 4.00. The third kappa shape index (κ3) is 7.62. The first kappa shape index (κ1) is 17.1. The van der Waals surface area contributed by atoms with Crippen LogP contribution in [0.2, 0.25) is 0 Å². The van der Waals surface area contributed by atoms with Crippen LogP contribution in [0.5, 0.6) is 0 Å². The number of benzene rings is 1. The molecule has 1 aromatic rings. The number of nitrogens with one attached hydrogen (secondary N) is 1. The highest BCUT2D eigenvalue weighted by atomic mass is 127. The van der Waals surface area contributed by atoms with Crippen molar-refractivity contribution in [3.05, 3.63) is 33.4 Å². The highest BCUT2D eigenvalue weighted by molar-refractivity contribution is 14.1. The van der Waals surface area contributed by atoms with Crippen molar-refractivity contribution in [2.75, 3.05) is 0 Å². The molecule has 0 radical (unpaired) electrons. The molecule has 0 aliphatic heterocycles. The first-order valence-electron chi connectivity index (χ1n) is 7.30. The zero-order valence-electron chi connectivity index (χ0n) is 12.1. The van der Waals surface area contributed by atoms with Gasteiger partial charge >= 0.3 is 0 Å². The zero-order chi connectivity index (χ0) is 14.6. The van der Waals surface area contributed by atoms with Gasteiger partial charge in [-0.2, -0.15) is 5.10 Å². The number of hydrogen-bond acceptors (Lipinski definition) is 2. The van der Waals surface area contributed by atoms with E-state index >= 15 is 0 Å². The van der Waals surface area contributed by atoms with E-state index in [0.29, 0.717) is 6.42 Å². The van der Waals surface area contributed by atoms with Crippen LogP contribution in [-0.2, 0) is 4.79 Å². The summed E-state index contributed by atoms with van der Waals surface area (Å²) in [5.41, 5.74) is 3.61. The number of hydrogen-bond donors (Lipinski definition) is 1. The second kappa shape index (κ2) is 10.8. The summed E-state index contributed by atoms with van der Waals surface area (Å²) in [7, 11) is 0. The number of unbranched alkanes of at least 4 members (excludes halogenated alkanes) is 5. The smallest absolute Gasteiger partial charge is 0.240 e. The lowest BCUT2D eigenvalue weighted by Crippen LogP contribution is -2.17. The van der Waals surface area contributed by atoms with Crippen molar-refractivity contribution >= 4 is 34.7 Å². The average molecular weight is 386 g/mol. The molecule has 0 saturated carbocycles. The molecule has 0 fully saturated rings. The molecule has 0 aliphatic rings. The second-order valence-corrected chi connectivity index (χ2v) is 5.99. The van der Waals surface area contributed by atoms with Gasteiger partial charge in [0.1, 0.15) is 0 Å². The number of carbonyl (C=O) groups excluding carboxylic acids is 1. The summed E-state index contributed by atoms with van der Waals surface area (Å²) in [6, 6.07) is 7.93. The van der Waals surface area contributed by atoms with Gasteiger partial charge in [0.25, 0.3) is 0 Å². The molecule has 0 atom stereocenters. The molecular formula is C16H23IN2O. The van der Waals surface area contributed by atoms with E-state index in [1.54, 1.807) is 6.21 Å². The molecule has 1 rings (SSSR count). The van der Waals surface area contributed by atoms with Crippen molar-refractivity contribution in [1.29, 1.82) is 0 Å². The maximum Gasteiger partial charge on any atom is 0.240 e. The topological polar surface area (TPSA) is 41.5 Å². The third-order valence-electron chi connectivity index (χ3n) is 3.06. The minimum atomic E-state index is 0.00248. The van der Waals surface area contributed by atoms with Gasteiger partial charge in [-0.15, -0.1) is 0 Å². The van der Waals surface area contributed by atoms with E-state index in [2.05, 4.69) is 40.0 Å². The molecule has 0 spiro atoms. The Hall–Kier alpha value is -0.910. The third-order valence-corrected chi connectivity index (χ3v) is 4.04. The Balaban J connectivity index is 2.15. The van der Waals surface area contributed by atoms with Crippen LogP contribution in [0.4, 0.5) is 0 Å². The normalized spacial score (nSPS) is 10.9. The SMILES string of the molecule is CCCCCCCCC(=O)NN=Cc1ccccc1I. The Kier molecular flexibility index (Phi) is 9.28. The lowest BCUT2D eigenvalue weighted by molar-refractivity contribution is -0.121. The van der Waals surface area contributed by atoms with Gasteiger partial charge in [-0.25, -0.2) is 5.43 Å². The number of halogens is 1. The van der Waals surface area contributed by atoms with Gasteiger partial charge in [-0.05, 0) is 35.1 Å². The molecule has 0 unspecified atom stereocenters. The molecule has 1 amide bonds. The van der Waals surface area contributed by atoms with E-state index in [0.717, 1.165) is 22.0 Å². The Morgan fingerprint density at radius 3 is 2.65 bits per heavy atom. The average Bonchev–Trinajstić information content (AvgIpc) is 2.45.